The van der Waals surface area contributed by atoms with Crippen LogP contribution in [0.2, 0.25) is 0 Å². The average molecular weight is 244 g/mol. The highest BCUT2D eigenvalue weighted by Gasteiger charge is 1.89. The summed E-state index contributed by atoms with van der Waals surface area (Å²) in [5.74, 6) is 1.44. The van der Waals surface area contributed by atoms with Gasteiger partial charge in [-0.25, -0.2) is 0 Å². The van der Waals surface area contributed by atoms with E-state index in [4.69, 9.17) is 5.41 Å². The van der Waals surface area contributed by atoms with Crippen molar-refractivity contribution in [3.8, 4) is 0 Å². The molecule has 2 N–H and O–H groups in total. The molecule has 0 unspecified atom stereocenters. The summed E-state index contributed by atoms with van der Waals surface area (Å²) < 4.78 is 2.72. The van der Waals surface area contributed by atoms with Crippen molar-refractivity contribution < 1.29 is 0 Å². The molecule has 0 aromatic carbocycles. The van der Waals surface area contributed by atoms with Gasteiger partial charge in [-0.1, -0.05) is 0 Å². The summed E-state index contributed by atoms with van der Waals surface area (Å²) in [6.45, 7) is 0. The Morgan fingerprint density at radius 2 is 2.38 bits per heavy atom. The quantitative estimate of drug-likeness (QED) is 0.228. The fourth-order valence-electron chi connectivity index (χ4n) is 0.303. The van der Waals surface area contributed by atoms with Crippen LogP contribution in [0, 0.1) is 5.41 Å². The molecule has 0 spiro atoms. The summed E-state index contributed by atoms with van der Waals surface area (Å²) in [5, 5.41) is 7.09. The third-order valence-corrected chi connectivity index (χ3v) is 1.67. The van der Waals surface area contributed by atoms with Crippen molar-refractivity contribution in [2.75, 3.05) is 5.75 Å². The van der Waals surface area contributed by atoms with Gasteiger partial charge in [-0.05, 0) is 12.2 Å². The fraction of sp³-hybridized carbons (Fsp3) is 0.750. The Kier molecular flexibility index (Phi) is 6.07. The van der Waals surface area contributed by atoms with Gasteiger partial charge in [-0.3, -0.25) is 5.41 Å². The van der Waals surface area contributed by atoms with E-state index in [0.29, 0.717) is 5.84 Å². The molecule has 0 rings (SSSR count). The van der Waals surface area contributed by atoms with Crippen molar-refractivity contribution in [1.29, 1.82) is 5.41 Å². The molecule has 0 atom stereocenters. The van der Waals surface area contributed by atoms with Gasteiger partial charge < -0.3 is 3.53 Å². The summed E-state index contributed by atoms with van der Waals surface area (Å²) >= 11 is 5.96. The van der Waals surface area contributed by atoms with Gasteiger partial charge in [0.15, 0.2) is 0 Å². The molecule has 0 aliphatic rings. The van der Waals surface area contributed by atoms with Crippen LogP contribution in [0.3, 0.4) is 0 Å². The van der Waals surface area contributed by atoms with Crippen molar-refractivity contribution >= 4 is 41.3 Å². The minimum Gasteiger partial charge on any atom is -0.317 e. The first-order chi connectivity index (χ1) is 3.81. The van der Waals surface area contributed by atoms with Crippen LogP contribution < -0.4 is 3.53 Å². The van der Waals surface area contributed by atoms with E-state index in [-0.39, 0.29) is 0 Å². The number of nitrogens with one attached hydrogen (secondary N) is 2. The summed E-state index contributed by atoms with van der Waals surface area (Å²) in [7, 11) is 0. The van der Waals surface area contributed by atoms with Gasteiger partial charge in [0.1, 0.15) is 5.84 Å². The topological polar surface area (TPSA) is 35.9 Å². The van der Waals surface area contributed by atoms with Crippen LogP contribution in [0.1, 0.15) is 12.8 Å². The average Bonchev–Trinajstić information content (AvgIpc) is 1.83. The summed E-state index contributed by atoms with van der Waals surface area (Å²) in [6.07, 6.45) is 1.80. The van der Waals surface area contributed by atoms with Crippen LogP contribution >= 0.6 is 35.5 Å². The lowest BCUT2D eigenvalue weighted by atomic mass is 10.3. The molecule has 0 amide bonds. The molecule has 0 saturated carbocycles. The molecule has 0 radical (unpaired) electrons. The van der Waals surface area contributed by atoms with Gasteiger partial charge in [-0.2, -0.15) is 12.6 Å². The van der Waals surface area contributed by atoms with Gasteiger partial charge in [0.2, 0.25) is 0 Å². The second-order valence-corrected chi connectivity index (χ2v) is 2.39. The maximum absolute atomic E-state index is 7.09. The third-order valence-electron chi connectivity index (χ3n) is 0.699. The van der Waals surface area contributed by atoms with E-state index >= 15 is 0 Å². The Hall–Kier alpha value is 0.550. The highest BCUT2D eigenvalue weighted by molar-refractivity contribution is 14.1. The molecule has 8 heavy (non-hydrogen) atoms. The molecule has 0 heterocycles. The Bertz CT molecular complexity index is 76.4. The Labute approximate surface area is 68.8 Å². The van der Waals surface area contributed by atoms with Crippen LogP contribution in [-0.4, -0.2) is 11.6 Å². The maximum Gasteiger partial charge on any atom is 0.102 e. The first kappa shape index (κ1) is 8.55. The smallest absolute Gasteiger partial charge is 0.102 e. The van der Waals surface area contributed by atoms with Crippen LogP contribution in [0.5, 0.6) is 0 Å². The van der Waals surface area contributed by atoms with Gasteiger partial charge in [0.05, 0.1) is 22.9 Å². The first-order valence-electron chi connectivity index (χ1n) is 2.36. The summed E-state index contributed by atoms with van der Waals surface area (Å²) in [5.41, 5.74) is 0. The predicted molar refractivity (Wildman–Crippen MR) is 48.0 cm³/mol. The van der Waals surface area contributed by atoms with Gasteiger partial charge in [-0.15, -0.1) is 0 Å². The molecule has 0 saturated heterocycles. The van der Waals surface area contributed by atoms with Crippen LogP contribution in [0.15, 0.2) is 0 Å². The molecular formula is C4H9IN2S. The van der Waals surface area contributed by atoms with Crippen LogP contribution in [0.4, 0.5) is 0 Å². The zero-order chi connectivity index (χ0) is 6.41. The lowest BCUT2D eigenvalue weighted by Gasteiger charge is -1.96. The number of amidine groups is 1. The molecule has 0 aliphatic heterocycles. The second-order valence-electron chi connectivity index (χ2n) is 1.40. The van der Waals surface area contributed by atoms with E-state index in [1.165, 1.54) is 0 Å². The minimum atomic E-state index is 0.583. The predicted octanol–water partition coefficient (Wildman–Crippen LogP) is 1.61. The maximum atomic E-state index is 7.09. The van der Waals surface area contributed by atoms with E-state index in [9.17, 15) is 0 Å². The Morgan fingerprint density at radius 1 is 1.75 bits per heavy atom. The Morgan fingerprint density at radius 3 is 2.75 bits per heavy atom. The first-order valence-corrected chi connectivity index (χ1v) is 4.07. The summed E-state index contributed by atoms with van der Waals surface area (Å²) in [4.78, 5) is 0. The number of halogens is 1. The van der Waals surface area contributed by atoms with E-state index in [0.717, 1.165) is 18.6 Å². The lowest BCUT2D eigenvalue weighted by molar-refractivity contribution is 0.987. The number of hydrogen-bond donors (Lipinski definition) is 3. The standard InChI is InChI=1S/C4H9IN2S/c5-7-4(6)2-1-3-8/h8H,1-3H2,(H2,6,7). The molecule has 4 heteroatoms. The highest BCUT2D eigenvalue weighted by atomic mass is 127. The Balaban J connectivity index is 2.99. The minimum absolute atomic E-state index is 0.583. The van der Waals surface area contributed by atoms with Crippen molar-refractivity contribution in [2.45, 2.75) is 12.8 Å². The zero-order valence-electron chi connectivity index (χ0n) is 4.45. The lowest BCUT2D eigenvalue weighted by Crippen LogP contribution is -2.09. The van der Waals surface area contributed by atoms with Crippen molar-refractivity contribution in [3.63, 3.8) is 0 Å². The van der Waals surface area contributed by atoms with E-state index < -0.39 is 0 Å². The van der Waals surface area contributed by atoms with E-state index in [1.54, 1.807) is 0 Å². The molecule has 0 bridgehead atoms. The monoisotopic (exact) mass is 244 g/mol. The molecule has 0 fully saturated rings. The molecule has 0 aromatic heterocycles. The highest BCUT2D eigenvalue weighted by Crippen LogP contribution is 1.91. The number of rotatable bonds is 3. The van der Waals surface area contributed by atoms with Gasteiger partial charge in [0, 0.05) is 6.42 Å². The van der Waals surface area contributed by atoms with Gasteiger partial charge in [0.25, 0.3) is 0 Å². The van der Waals surface area contributed by atoms with E-state index in [1.807, 2.05) is 22.9 Å². The SMILES string of the molecule is N=C(CCCS)NI. The van der Waals surface area contributed by atoms with Crippen LogP contribution in [0.25, 0.3) is 0 Å². The number of thiol groups is 1. The molecule has 0 aliphatic carbocycles. The molecule has 0 aromatic rings. The molecule has 48 valence electrons. The summed E-state index contributed by atoms with van der Waals surface area (Å²) in [6, 6.07) is 0. The normalized spacial score (nSPS) is 8.75. The third kappa shape index (κ3) is 4.70. The van der Waals surface area contributed by atoms with Crippen molar-refractivity contribution in [1.82, 2.24) is 3.53 Å². The molecule has 2 nitrogen and oxygen atoms in total. The zero-order valence-corrected chi connectivity index (χ0v) is 7.50. The molecular weight excluding hydrogens is 235 g/mol. The van der Waals surface area contributed by atoms with Crippen molar-refractivity contribution in [2.24, 2.45) is 0 Å². The van der Waals surface area contributed by atoms with E-state index in [2.05, 4.69) is 16.2 Å². The second kappa shape index (κ2) is 5.68. The fourth-order valence-corrected chi connectivity index (χ4v) is 0.731. The number of hydrogen-bond acceptors (Lipinski definition) is 2. The largest absolute Gasteiger partial charge is 0.317 e. The van der Waals surface area contributed by atoms with Gasteiger partial charge >= 0.3 is 0 Å². The van der Waals surface area contributed by atoms with Crippen LogP contribution in [-0.2, 0) is 0 Å². The van der Waals surface area contributed by atoms with Crippen molar-refractivity contribution in [3.05, 3.63) is 0 Å².